The second-order valence-corrected chi connectivity index (χ2v) is 8.22. The molecule has 4 rings (SSSR count). The highest BCUT2D eigenvalue weighted by molar-refractivity contribution is 7.25. The first kappa shape index (κ1) is 20.3. The van der Waals surface area contributed by atoms with Crippen molar-refractivity contribution in [2.24, 2.45) is 0 Å². The topological polar surface area (TPSA) is 69.2 Å². The fourth-order valence-corrected chi connectivity index (χ4v) is 4.71. The summed E-state index contributed by atoms with van der Waals surface area (Å²) < 4.78 is 11.8. The molecule has 0 fully saturated rings. The Labute approximate surface area is 180 Å². The van der Waals surface area contributed by atoms with Crippen LogP contribution in [0.25, 0.3) is 20.4 Å². The van der Waals surface area contributed by atoms with Gasteiger partial charge in [-0.15, -0.1) is 11.3 Å². The zero-order valence-electron chi connectivity index (χ0n) is 17.8. The van der Waals surface area contributed by atoms with Crippen molar-refractivity contribution in [3.05, 3.63) is 47.4 Å². The fourth-order valence-electron chi connectivity index (χ4n) is 3.62. The monoisotopic (exact) mass is 422 g/mol. The normalized spacial score (nSPS) is 11.2. The molecule has 0 bridgehead atoms. The summed E-state index contributed by atoms with van der Waals surface area (Å²) in [6, 6.07) is 8.22. The Kier molecular flexibility index (Phi) is 5.99. The molecule has 30 heavy (non-hydrogen) atoms. The Bertz CT molecular complexity index is 1190. The van der Waals surface area contributed by atoms with Crippen molar-refractivity contribution in [3.63, 3.8) is 0 Å². The number of ether oxygens (including phenoxy) is 2. The average molecular weight is 423 g/mol. The van der Waals surface area contributed by atoms with Crippen molar-refractivity contribution < 1.29 is 9.47 Å². The molecule has 0 aliphatic rings. The van der Waals surface area contributed by atoms with Crippen molar-refractivity contribution in [2.75, 3.05) is 26.1 Å². The number of thiophene rings is 1. The number of aromatic nitrogens is 3. The number of fused-ring (bicyclic) bond motifs is 3. The predicted octanol–water partition coefficient (Wildman–Crippen LogP) is 5.17. The summed E-state index contributed by atoms with van der Waals surface area (Å²) in [5.74, 6) is 2.34. The molecular formula is C23H26N4O2S. The highest BCUT2D eigenvalue weighted by Gasteiger charge is 2.14. The standard InChI is InChI=1S/C23H26N4O2S/c1-5-6-17-14(2)11-16-20-21(30-23(16)27-17)22(26-13-25-20)24-10-9-15-7-8-18(28-3)19(12-15)29-4/h7-8,11-13H,5-6,9-10H2,1-4H3,(H,24,25,26). The molecule has 0 aliphatic heterocycles. The molecule has 156 valence electrons. The number of aryl methyl sites for hydroxylation is 2. The van der Waals surface area contributed by atoms with E-state index in [0.29, 0.717) is 0 Å². The molecule has 0 spiro atoms. The zero-order valence-corrected chi connectivity index (χ0v) is 18.6. The Morgan fingerprint density at radius 2 is 1.87 bits per heavy atom. The van der Waals surface area contributed by atoms with Gasteiger partial charge in [0, 0.05) is 17.6 Å². The Morgan fingerprint density at radius 3 is 2.63 bits per heavy atom. The first-order valence-electron chi connectivity index (χ1n) is 10.1. The van der Waals surface area contributed by atoms with Gasteiger partial charge in [-0.25, -0.2) is 15.0 Å². The van der Waals surface area contributed by atoms with E-state index >= 15 is 0 Å². The molecule has 6 nitrogen and oxygen atoms in total. The van der Waals surface area contributed by atoms with Crippen LogP contribution in [-0.2, 0) is 12.8 Å². The van der Waals surface area contributed by atoms with Crippen molar-refractivity contribution >= 4 is 37.6 Å². The van der Waals surface area contributed by atoms with Gasteiger partial charge in [0.15, 0.2) is 11.5 Å². The van der Waals surface area contributed by atoms with Crippen LogP contribution < -0.4 is 14.8 Å². The van der Waals surface area contributed by atoms with Gasteiger partial charge in [0.2, 0.25) is 0 Å². The average Bonchev–Trinajstić information content (AvgIpc) is 3.12. The molecule has 0 radical (unpaired) electrons. The summed E-state index contributed by atoms with van der Waals surface area (Å²) in [5, 5.41) is 4.59. The van der Waals surface area contributed by atoms with Crippen LogP contribution >= 0.6 is 11.3 Å². The lowest BCUT2D eigenvalue weighted by molar-refractivity contribution is 0.354. The van der Waals surface area contributed by atoms with Crippen molar-refractivity contribution in [1.29, 1.82) is 0 Å². The van der Waals surface area contributed by atoms with Gasteiger partial charge in [0.25, 0.3) is 0 Å². The number of anilines is 1. The summed E-state index contributed by atoms with van der Waals surface area (Å²) in [6.45, 7) is 5.07. The minimum atomic E-state index is 0.738. The number of pyridine rings is 1. The maximum Gasteiger partial charge on any atom is 0.160 e. The summed E-state index contributed by atoms with van der Waals surface area (Å²) in [7, 11) is 3.30. The van der Waals surface area contributed by atoms with E-state index in [9.17, 15) is 0 Å². The Hall–Kier alpha value is -2.93. The molecule has 3 aromatic heterocycles. The smallest absolute Gasteiger partial charge is 0.160 e. The third kappa shape index (κ3) is 3.89. The van der Waals surface area contributed by atoms with Gasteiger partial charge in [0.05, 0.1) is 24.4 Å². The van der Waals surface area contributed by atoms with Crippen LogP contribution in [0.15, 0.2) is 30.6 Å². The van der Waals surface area contributed by atoms with Gasteiger partial charge < -0.3 is 14.8 Å². The number of methoxy groups -OCH3 is 2. The molecule has 0 unspecified atom stereocenters. The van der Waals surface area contributed by atoms with E-state index in [1.807, 2.05) is 12.1 Å². The van der Waals surface area contributed by atoms with Crippen LogP contribution in [0.3, 0.4) is 0 Å². The van der Waals surface area contributed by atoms with E-state index in [0.717, 1.165) is 63.6 Å². The highest BCUT2D eigenvalue weighted by Crippen LogP contribution is 2.36. The largest absolute Gasteiger partial charge is 0.493 e. The number of nitrogens with one attached hydrogen (secondary N) is 1. The lowest BCUT2D eigenvalue weighted by Gasteiger charge is -2.10. The van der Waals surface area contributed by atoms with Gasteiger partial charge in [-0.3, -0.25) is 0 Å². The molecule has 3 heterocycles. The molecule has 0 aliphatic carbocycles. The summed E-state index contributed by atoms with van der Waals surface area (Å²) >= 11 is 1.66. The maximum atomic E-state index is 5.40. The van der Waals surface area contributed by atoms with Crippen LogP contribution in [0, 0.1) is 6.92 Å². The lowest BCUT2D eigenvalue weighted by Crippen LogP contribution is -2.06. The number of hydrogen-bond donors (Lipinski definition) is 1. The van der Waals surface area contributed by atoms with Crippen LogP contribution in [0.5, 0.6) is 11.5 Å². The second-order valence-electron chi connectivity index (χ2n) is 7.22. The minimum Gasteiger partial charge on any atom is -0.493 e. The molecular weight excluding hydrogens is 396 g/mol. The van der Waals surface area contributed by atoms with Gasteiger partial charge in [-0.1, -0.05) is 19.4 Å². The highest BCUT2D eigenvalue weighted by atomic mass is 32.1. The summed E-state index contributed by atoms with van der Waals surface area (Å²) in [4.78, 5) is 15.0. The quantitative estimate of drug-likeness (QED) is 0.422. The number of hydrogen-bond acceptors (Lipinski definition) is 7. The number of benzene rings is 1. The molecule has 0 saturated carbocycles. The van der Waals surface area contributed by atoms with E-state index in [1.165, 1.54) is 16.8 Å². The molecule has 1 aromatic carbocycles. The minimum absolute atomic E-state index is 0.738. The molecule has 0 atom stereocenters. The number of rotatable bonds is 8. The molecule has 4 aromatic rings. The second kappa shape index (κ2) is 8.83. The zero-order chi connectivity index (χ0) is 21.1. The fraction of sp³-hybridized carbons (Fsp3) is 0.348. The van der Waals surface area contributed by atoms with Crippen LogP contribution in [-0.4, -0.2) is 35.7 Å². The molecule has 1 N–H and O–H groups in total. The van der Waals surface area contributed by atoms with E-state index in [2.05, 4.69) is 41.3 Å². The maximum absolute atomic E-state index is 5.40. The van der Waals surface area contributed by atoms with Crippen LogP contribution in [0.2, 0.25) is 0 Å². The van der Waals surface area contributed by atoms with Gasteiger partial charge in [0.1, 0.15) is 17.0 Å². The third-order valence-electron chi connectivity index (χ3n) is 5.18. The van der Waals surface area contributed by atoms with E-state index in [4.69, 9.17) is 14.5 Å². The number of nitrogens with zero attached hydrogens (tertiary/aromatic N) is 3. The van der Waals surface area contributed by atoms with E-state index < -0.39 is 0 Å². The summed E-state index contributed by atoms with van der Waals surface area (Å²) in [5.41, 5.74) is 4.54. The SMILES string of the molecule is CCCc1nc2sc3c(NCCc4ccc(OC)c(OC)c4)ncnc3c2cc1C. The van der Waals surface area contributed by atoms with Crippen LogP contribution in [0.1, 0.15) is 30.2 Å². The molecule has 0 saturated heterocycles. The molecule has 7 heteroatoms. The van der Waals surface area contributed by atoms with E-state index in [1.54, 1.807) is 31.9 Å². The first-order valence-corrected chi connectivity index (χ1v) is 10.9. The van der Waals surface area contributed by atoms with Gasteiger partial charge in [-0.05, 0) is 49.1 Å². The Morgan fingerprint density at radius 1 is 1.03 bits per heavy atom. The van der Waals surface area contributed by atoms with Crippen LogP contribution in [0.4, 0.5) is 5.82 Å². The lowest BCUT2D eigenvalue weighted by atomic mass is 10.1. The first-order chi connectivity index (χ1) is 14.6. The molecule has 0 amide bonds. The van der Waals surface area contributed by atoms with Gasteiger partial charge in [-0.2, -0.15) is 0 Å². The third-order valence-corrected chi connectivity index (χ3v) is 6.28. The van der Waals surface area contributed by atoms with Gasteiger partial charge >= 0.3 is 0 Å². The van der Waals surface area contributed by atoms with Crippen molar-refractivity contribution in [1.82, 2.24) is 15.0 Å². The predicted molar refractivity (Wildman–Crippen MR) is 123 cm³/mol. The van der Waals surface area contributed by atoms with E-state index in [-0.39, 0.29) is 0 Å². The summed E-state index contributed by atoms with van der Waals surface area (Å²) in [6.07, 6.45) is 4.56. The Balaban J connectivity index is 1.57. The van der Waals surface area contributed by atoms with Crippen molar-refractivity contribution in [2.45, 2.75) is 33.1 Å². The van der Waals surface area contributed by atoms with Crippen molar-refractivity contribution in [3.8, 4) is 11.5 Å².